The third-order valence-electron chi connectivity index (χ3n) is 0.783. The van der Waals surface area contributed by atoms with E-state index in [-0.39, 0.29) is 5.70 Å². The van der Waals surface area contributed by atoms with Crippen LogP contribution < -0.4 is 0 Å². The van der Waals surface area contributed by atoms with Crippen molar-refractivity contribution in [2.75, 3.05) is 0 Å². The number of isocyanates is 1. The van der Waals surface area contributed by atoms with Gasteiger partial charge in [0.15, 0.2) is 5.70 Å². The number of nitrogens with zero attached hydrogens (tertiary/aromatic N) is 1. The van der Waals surface area contributed by atoms with Gasteiger partial charge >= 0.3 is 5.97 Å². The second kappa shape index (κ2) is 4.47. The number of carbonyl (C=O) groups is 1. The molecule has 0 fully saturated rings. The maximum atomic E-state index is 10.1. The summed E-state index contributed by atoms with van der Waals surface area (Å²) in [6.07, 6.45) is 3.03. The first-order valence-corrected chi connectivity index (χ1v) is 2.73. The maximum Gasteiger partial charge on any atom is 0.355 e. The van der Waals surface area contributed by atoms with Gasteiger partial charge in [-0.3, -0.25) is 0 Å². The second-order valence-corrected chi connectivity index (χ2v) is 1.51. The molecule has 10 heavy (non-hydrogen) atoms. The van der Waals surface area contributed by atoms with E-state index < -0.39 is 5.97 Å². The Bertz CT molecular complexity index is 197. The van der Waals surface area contributed by atoms with E-state index in [4.69, 9.17) is 5.11 Å². The van der Waals surface area contributed by atoms with Crippen LogP contribution in [0.15, 0.2) is 16.8 Å². The molecule has 0 heterocycles. The van der Waals surface area contributed by atoms with Crippen molar-refractivity contribution >= 4 is 12.0 Å². The van der Waals surface area contributed by atoms with Crippen molar-refractivity contribution in [2.45, 2.75) is 13.3 Å². The van der Waals surface area contributed by atoms with Crippen molar-refractivity contribution in [3.63, 3.8) is 0 Å². The summed E-state index contributed by atoms with van der Waals surface area (Å²) in [7, 11) is 0. The van der Waals surface area contributed by atoms with Crippen molar-refractivity contribution < 1.29 is 14.7 Å². The SMILES string of the molecule is CC/C=C(\N=C=O)C(=O)O. The van der Waals surface area contributed by atoms with Crippen molar-refractivity contribution in [3.8, 4) is 0 Å². The lowest BCUT2D eigenvalue weighted by atomic mass is 10.3. The number of carboxylic acid groups (broad SMARTS) is 1. The monoisotopic (exact) mass is 141 g/mol. The summed E-state index contributed by atoms with van der Waals surface area (Å²) in [5, 5.41) is 8.29. The second-order valence-electron chi connectivity index (χ2n) is 1.51. The normalized spacial score (nSPS) is 10.3. The zero-order valence-electron chi connectivity index (χ0n) is 5.50. The maximum absolute atomic E-state index is 10.1. The molecule has 4 nitrogen and oxygen atoms in total. The highest BCUT2D eigenvalue weighted by molar-refractivity contribution is 5.87. The summed E-state index contributed by atoms with van der Waals surface area (Å²) in [5.74, 6) is -1.20. The Kier molecular flexibility index (Phi) is 3.84. The van der Waals surface area contributed by atoms with E-state index in [9.17, 15) is 9.59 Å². The van der Waals surface area contributed by atoms with Crippen molar-refractivity contribution in [1.82, 2.24) is 0 Å². The minimum atomic E-state index is -1.20. The predicted octanol–water partition coefficient (Wildman–Crippen LogP) is 0.701. The fourth-order valence-corrected chi connectivity index (χ4v) is 0.423. The summed E-state index contributed by atoms with van der Waals surface area (Å²) in [6, 6.07) is 0. The zero-order valence-corrected chi connectivity index (χ0v) is 5.50. The first-order chi connectivity index (χ1) is 4.72. The molecule has 0 radical (unpaired) electrons. The molecule has 0 amide bonds. The summed E-state index contributed by atoms with van der Waals surface area (Å²) < 4.78 is 0. The minimum absolute atomic E-state index is 0.252. The Hall–Kier alpha value is -1.41. The molecule has 0 aliphatic rings. The van der Waals surface area contributed by atoms with Gasteiger partial charge in [0, 0.05) is 0 Å². The Morgan fingerprint density at radius 2 is 2.40 bits per heavy atom. The smallest absolute Gasteiger partial charge is 0.355 e. The molecule has 0 bridgehead atoms. The molecule has 0 aromatic heterocycles. The molecule has 4 heteroatoms. The number of carboxylic acids is 1. The zero-order chi connectivity index (χ0) is 7.98. The first kappa shape index (κ1) is 8.59. The van der Waals surface area contributed by atoms with Crippen LogP contribution in [-0.2, 0) is 9.59 Å². The number of allylic oxidation sites excluding steroid dienone is 1. The van der Waals surface area contributed by atoms with E-state index in [0.29, 0.717) is 6.42 Å². The quantitative estimate of drug-likeness (QED) is 0.357. The van der Waals surface area contributed by atoms with E-state index in [1.165, 1.54) is 6.08 Å². The summed E-state index contributed by atoms with van der Waals surface area (Å²) in [4.78, 5) is 22.7. The lowest BCUT2D eigenvalue weighted by molar-refractivity contribution is -0.132. The molecule has 1 N–H and O–H groups in total. The molecular weight excluding hydrogens is 134 g/mol. The summed E-state index contributed by atoms with van der Waals surface area (Å²) in [6.45, 7) is 1.75. The molecule has 0 aromatic carbocycles. The minimum Gasteiger partial charge on any atom is -0.476 e. The molecule has 0 atom stereocenters. The standard InChI is InChI=1S/C6H7NO3/c1-2-3-5(6(9)10)7-4-8/h3H,2H2,1H3,(H,9,10)/b5-3-. The van der Waals surface area contributed by atoms with Gasteiger partial charge in [0.2, 0.25) is 6.08 Å². The van der Waals surface area contributed by atoms with Crippen LogP contribution in [0.5, 0.6) is 0 Å². The van der Waals surface area contributed by atoms with Gasteiger partial charge in [-0.1, -0.05) is 13.0 Å². The Morgan fingerprint density at radius 1 is 1.80 bits per heavy atom. The highest BCUT2D eigenvalue weighted by Gasteiger charge is 2.02. The van der Waals surface area contributed by atoms with Gasteiger partial charge in [-0.05, 0) is 6.42 Å². The molecule has 0 spiro atoms. The highest BCUT2D eigenvalue weighted by Crippen LogP contribution is 1.96. The first-order valence-electron chi connectivity index (χ1n) is 2.73. The van der Waals surface area contributed by atoms with Crippen LogP contribution in [0.2, 0.25) is 0 Å². The van der Waals surface area contributed by atoms with Gasteiger partial charge in [0.25, 0.3) is 0 Å². The van der Waals surface area contributed by atoms with Crippen LogP contribution in [-0.4, -0.2) is 17.2 Å². The van der Waals surface area contributed by atoms with Gasteiger partial charge in [0.1, 0.15) is 0 Å². The van der Waals surface area contributed by atoms with Crippen LogP contribution in [0.4, 0.5) is 0 Å². The van der Waals surface area contributed by atoms with Crippen LogP contribution in [0, 0.1) is 0 Å². The molecule has 0 rings (SSSR count). The number of aliphatic imine (C=N–C) groups is 1. The van der Waals surface area contributed by atoms with Gasteiger partial charge < -0.3 is 5.11 Å². The highest BCUT2D eigenvalue weighted by atomic mass is 16.4. The molecule has 0 saturated heterocycles. The van der Waals surface area contributed by atoms with Crippen molar-refractivity contribution in [2.24, 2.45) is 4.99 Å². The fraction of sp³-hybridized carbons (Fsp3) is 0.333. The average Bonchev–Trinajstić information content (AvgIpc) is 1.87. The van der Waals surface area contributed by atoms with Crippen LogP contribution in [0.3, 0.4) is 0 Å². The van der Waals surface area contributed by atoms with E-state index in [1.807, 2.05) is 0 Å². The third-order valence-corrected chi connectivity index (χ3v) is 0.783. The number of aliphatic carboxylic acids is 1. The van der Waals surface area contributed by atoms with Gasteiger partial charge in [-0.25, -0.2) is 9.59 Å². The Morgan fingerprint density at radius 3 is 2.70 bits per heavy atom. The summed E-state index contributed by atoms with van der Waals surface area (Å²) in [5.41, 5.74) is -0.252. The van der Waals surface area contributed by atoms with Crippen LogP contribution in [0.25, 0.3) is 0 Å². The van der Waals surface area contributed by atoms with E-state index in [0.717, 1.165) is 6.08 Å². The summed E-state index contributed by atoms with van der Waals surface area (Å²) >= 11 is 0. The van der Waals surface area contributed by atoms with E-state index in [2.05, 4.69) is 4.99 Å². The van der Waals surface area contributed by atoms with Crippen molar-refractivity contribution in [3.05, 3.63) is 11.8 Å². The van der Waals surface area contributed by atoms with Gasteiger partial charge in [-0.15, -0.1) is 0 Å². The lowest BCUT2D eigenvalue weighted by Gasteiger charge is -1.86. The molecular formula is C6H7NO3. The molecule has 54 valence electrons. The van der Waals surface area contributed by atoms with Gasteiger partial charge in [0.05, 0.1) is 0 Å². The fourth-order valence-electron chi connectivity index (χ4n) is 0.423. The molecule has 0 saturated carbocycles. The topological polar surface area (TPSA) is 66.7 Å². The molecule has 0 aliphatic heterocycles. The molecule has 0 aliphatic carbocycles. The van der Waals surface area contributed by atoms with Crippen molar-refractivity contribution in [1.29, 1.82) is 0 Å². The largest absolute Gasteiger partial charge is 0.476 e. The molecule has 0 unspecified atom stereocenters. The van der Waals surface area contributed by atoms with E-state index in [1.54, 1.807) is 6.92 Å². The van der Waals surface area contributed by atoms with Crippen LogP contribution in [0.1, 0.15) is 13.3 Å². The van der Waals surface area contributed by atoms with Gasteiger partial charge in [-0.2, -0.15) is 4.99 Å². The van der Waals surface area contributed by atoms with Crippen LogP contribution >= 0.6 is 0 Å². The number of carbonyl (C=O) groups excluding carboxylic acids is 1. The Labute approximate surface area is 57.9 Å². The lowest BCUT2D eigenvalue weighted by Crippen LogP contribution is -1.96. The predicted molar refractivity (Wildman–Crippen MR) is 34.1 cm³/mol. The number of hydrogen-bond donors (Lipinski definition) is 1. The number of rotatable bonds is 3. The number of hydrogen-bond acceptors (Lipinski definition) is 3. The Balaban J connectivity index is 4.41. The third kappa shape index (κ3) is 2.79. The average molecular weight is 141 g/mol. The molecule has 0 aromatic rings. The van der Waals surface area contributed by atoms with E-state index >= 15 is 0 Å².